The molecule has 18 heavy (non-hydrogen) atoms. The van der Waals surface area contributed by atoms with Crippen molar-refractivity contribution in [1.29, 1.82) is 0 Å². The predicted molar refractivity (Wildman–Crippen MR) is 57.0 cm³/mol. The number of rotatable bonds is 4. The van der Waals surface area contributed by atoms with Crippen LogP contribution in [0.4, 0.5) is 4.79 Å². The lowest BCUT2D eigenvalue weighted by atomic mass is 10.2. The van der Waals surface area contributed by atoms with Crippen molar-refractivity contribution < 1.29 is 34.0 Å². The summed E-state index contributed by atoms with van der Waals surface area (Å²) in [6.45, 7) is 2.66. The van der Waals surface area contributed by atoms with Crippen LogP contribution in [0.1, 0.15) is 13.8 Å². The number of aromatic nitrogens is 1. The molecule has 0 radical (unpaired) electrons. The molecule has 1 aromatic rings. The Labute approximate surface area is 102 Å². The highest BCUT2D eigenvalue weighted by Crippen LogP contribution is 2.29. The third-order valence-corrected chi connectivity index (χ3v) is 1.79. The van der Waals surface area contributed by atoms with Crippen molar-refractivity contribution in [3.8, 4) is 17.5 Å². The molecule has 1 heterocycles. The van der Waals surface area contributed by atoms with E-state index in [-0.39, 0.29) is 17.5 Å². The summed E-state index contributed by atoms with van der Waals surface area (Å²) in [5.41, 5.74) is 0. The zero-order valence-corrected chi connectivity index (χ0v) is 9.80. The molecule has 1 rings (SSSR count). The molecule has 0 fully saturated rings. The molecule has 0 aliphatic carbocycles. The van der Waals surface area contributed by atoms with E-state index in [2.05, 4.69) is 19.2 Å². The molecule has 100 valence electrons. The Morgan fingerprint density at radius 2 is 2.00 bits per heavy atom. The molecule has 0 spiro atoms. The first-order valence-corrected chi connectivity index (χ1v) is 5.02. The first-order chi connectivity index (χ1) is 8.40. The van der Waals surface area contributed by atoms with E-state index in [1.54, 1.807) is 13.8 Å². The summed E-state index contributed by atoms with van der Waals surface area (Å²) in [4.78, 5) is 24.2. The minimum Gasteiger partial charge on any atom is -0.494 e. The normalized spacial score (nSPS) is 10.2. The van der Waals surface area contributed by atoms with Gasteiger partial charge in [0.15, 0.2) is 11.6 Å². The largest absolute Gasteiger partial charge is 0.516 e. The number of aromatic amines is 1. The molecule has 0 aromatic carbocycles. The van der Waals surface area contributed by atoms with Gasteiger partial charge in [-0.15, -0.1) is 0 Å². The Hall–Kier alpha value is -2.38. The molecule has 8 heteroatoms. The van der Waals surface area contributed by atoms with Gasteiger partial charge in [-0.3, -0.25) is 9.78 Å². The molecule has 1 aromatic heterocycles. The van der Waals surface area contributed by atoms with Crippen molar-refractivity contribution >= 4 is 12.1 Å². The minimum atomic E-state index is -1.18. The van der Waals surface area contributed by atoms with E-state index >= 15 is 0 Å². The van der Waals surface area contributed by atoms with Crippen LogP contribution < -0.4 is 4.74 Å². The van der Waals surface area contributed by atoms with Crippen LogP contribution in [0.15, 0.2) is 6.07 Å². The summed E-state index contributed by atoms with van der Waals surface area (Å²) >= 11 is 0. The summed E-state index contributed by atoms with van der Waals surface area (Å²) in [7, 11) is 0. The third kappa shape index (κ3) is 3.89. The van der Waals surface area contributed by atoms with Crippen molar-refractivity contribution in [2.45, 2.75) is 13.8 Å². The van der Waals surface area contributed by atoms with Gasteiger partial charge in [0, 0.05) is 6.07 Å². The Morgan fingerprint density at radius 1 is 1.33 bits per heavy atom. The first-order valence-electron chi connectivity index (χ1n) is 5.02. The van der Waals surface area contributed by atoms with Crippen LogP contribution in [0.5, 0.6) is 17.5 Å². The molecule has 0 unspecified atom stereocenters. The summed E-state index contributed by atoms with van der Waals surface area (Å²) in [6.07, 6.45) is -1.18. The average molecular weight is 259 g/mol. The number of ether oxygens (including phenoxy) is 3. The number of H-pyrrole nitrogens is 1. The molecule has 0 aliphatic rings. The van der Waals surface area contributed by atoms with Crippen molar-refractivity contribution in [1.82, 2.24) is 4.98 Å². The van der Waals surface area contributed by atoms with Gasteiger partial charge in [0.1, 0.15) is 0 Å². The van der Waals surface area contributed by atoms with E-state index in [1.165, 1.54) is 0 Å². The Morgan fingerprint density at radius 3 is 2.50 bits per heavy atom. The fourth-order valence-corrected chi connectivity index (χ4v) is 0.911. The van der Waals surface area contributed by atoms with Crippen molar-refractivity contribution in [3.63, 3.8) is 0 Å². The van der Waals surface area contributed by atoms with Crippen LogP contribution in [0.3, 0.4) is 0 Å². The van der Waals surface area contributed by atoms with Gasteiger partial charge in [0.2, 0.25) is 12.7 Å². The highest BCUT2D eigenvalue weighted by Gasteiger charge is 2.15. The van der Waals surface area contributed by atoms with Gasteiger partial charge in [0.25, 0.3) is 0 Å². The van der Waals surface area contributed by atoms with Gasteiger partial charge in [0.05, 0.1) is 5.92 Å². The first kappa shape index (κ1) is 13.7. The quantitative estimate of drug-likeness (QED) is 0.547. The SMILES string of the molecule is CC(C)C(=O)OCOC(=O)Oc1cc(O)[nH]c1O. The zero-order chi connectivity index (χ0) is 13.7. The van der Waals surface area contributed by atoms with Crippen LogP contribution in [0, 0.1) is 5.92 Å². The number of carbonyl (C=O) groups excluding carboxylic acids is 2. The van der Waals surface area contributed by atoms with Crippen LogP contribution >= 0.6 is 0 Å². The smallest absolute Gasteiger partial charge is 0.494 e. The number of aromatic hydroxyl groups is 2. The van der Waals surface area contributed by atoms with Crippen LogP contribution in [0.2, 0.25) is 0 Å². The lowest BCUT2D eigenvalue weighted by Crippen LogP contribution is -2.18. The maximum Gasteiger partial charge on any atom is 0.516 e. The summed E-state index contributed by atoms with van der Waals surface area (Å²) in [5.74, 6) is -2.06. The second-order valence-electron chi connectivity index (χ2n) is 3.60. The molecule has 0 atom stereocenters. The Bertz CT molecular complexity index is 437. The molecule has 0 amide bonds. The maximum absolute atomic E-state index is 11.1. The van der Waals surface area contributed by atoms with Gasteiger partial charge in [-0.1, -0.05) is 13.8 Å². The number of esters is 1. The molecule has 0 aliphatic heterocycles. The minimum absolute atomic E-state index is 0.298. The lowest BCUT2D eigenvalue weighted by molar-refractivity contribution is -0.156. The predicted octanol–water partition coefficient (Wildman–Crippen LogP) is 1.10. The molecule has 3 N–H and O–H groups in total. The van der Waals surface area contributed by atoms with E-state index in [0.717, 1.165) is 6.07 Å². The molecule has 0 bridgehead atoms. The van der Waals surface area contributed by atoms with Gasteiger partial charge in [-0.2, -0.15) is 0 Å². The molecular formula is C10H13NO7. The Kier molecular flexibility index (Phi) is 4.41. The number of nitrogens with one attached hydrogen (secondary N) is 1. The fraction of sp³-hybridized carbons (Fsp3) is 0.400. The Balaban J connectivity index is 2.34. The standard InChI is InChI=1S/C10H13NO7/c1-5(2)9(14)16-4-17-10(15)18-6-3-7(12)11-8(6)13/h3,5,11-13H,4H2,1-2H3. The van der Waals surface area contributed by atoms with Crippen molar-refractivity contribution in [2.75, 3.05) is 6.79 Å². The monoisotopic (exact) mass is 259 g/mol. The molecule has 8 nitrogen and oxygen atoms in total. The van der Waals surface area contributed by atoms with E-state index in [4.69, 9.17) is 10.2 Å². The maximum atomic E-state index is 11.1. The van der Waals surface area contributed by atoms with Gasteiger partial charge in [-0.05, 0) is 0 Å². The summed E-state index contributed by atoms with van der Waals surface area (Å²) < 4.78 is 13.5. The van der Waals surface area contributed by atoms with Crippen molar-refractivity contribution in [3.05, 3.63) is 6.07 Å². The lowest BCUT2D eigenvalue weighted by Gasteiger charge is -2.07. The van der Waals surface area contributed by atoms with Gasteiger partial charge in [-0.25, -0.2) is 4.79 Å². The zero-order valence-electron chi connectivity index (χ0n) is 9.80. The van der Waals surface area contributed by atoms with Gasteiger partial charge >= 0.3 is 12.1 Å². The van der Waals surface area contributed by atoms with Crippen LogP contribution in [-0.4, -0.2) is 34.1 Å². The van der Waals surface area contributed by atoms with E-state index in [1.807, 2.05) is 0 Å². The fourth-order valence-electron chi connectivity index (χ4n) is 0.911. The summed E-state index contributed by atoms with van der Waals surface area (Å²) in [5, 5.41) is 18.1. The van der Waals surface area contributed by atoms with Crippen LogP contribution in [-0.2, 0) is 14.3 Å². The third-order valence-electron chi connectivity index (χ3n) is 1.79. The summed E-state index contributed by atoms with van der Waals surface area (Å²) in [6, 6.07) is 0.983. The highest BCUT2D eigenvalue weighted by molar-refractivity contribution is 5.71. The topological polar surface area (TPSA) is 118 Å². The average Bonchev–Trinajstić information content (AvgIpc) is 2.57. The van der Waals surface area contributed by atoms with E-state index in [0.29, 0.717) is 0 Å². The van der Waals surface area contributed by atoms with Crippen LogP contribution in [0.25, 0.3) is 0 Å². The van der Waals surface area contributed by atoms with E-state index in [9.17, 15) is 9.59 Å². The molecule has 0 saturated carbocycles. The molecular weight excluding hydrogens is 246 g/mol. The van der Waals surface area contributed by atoms with E-state index < -0.39 is 24.8 Å². The second-order valence-corrected chi connectivity index (χ2v) is 3.60. The highest BCUT2D eigenvalue weighted by atomic mass is 16.8. The number of hydrogen-bond acceptors (Lipinski definition) is 7. The number of hydrogen-bond donors (Lipinski definition) is 3. The van der Waals surface area contributed by atoms with Crippen molar-refractivity contribution in [2.24, 2.45) is 5.92 Å². The number of carbonyl (C=O) groups is 2. The molecule has 0 saturated heterocycles. The van der Waals surface area contributed by atoms with Gasteiger partial charge < -0.3 is 24.4 Å². The second kappa shape index (κ2) is 5.80.